The Morgan fingerprint density at radius 3 is 2.86 bits per heavy atom. The highest BCUT2D eigenvalue weighted by Crippen LogP contribution is 2.28. The highest BCUT2D eigenvalue weighted by molar-refractivity contribution is 7.20. The van der Waals surface area contributed by atoms with Crippen LogP contribution in [0.5, 0.6) is 5.75 Å². The molecule has 1 aromatic carbocycles. The van der Waals surface area contributed by atoms with Crippen molar-refractivity contribution in [1.29, 1.82) is 0 Å². The Labute approximate surface area is 172 Å². The van der Waals surface area contributed by atoms with E-state index in [0.29, 0.717) is 39.5 Å². The van der Waals surface area contributed by atoms with Gasteiger partial charge in [0.25, 0.3) is 11.5 Å². The second kappa shape index (κ2) is 8.34. The van der Waals surface area contributed by atoms with Crippen LogP contribution in [-0.2, 0) is 11.3 Å². The molecule has 4 rings (SSSR count). The number of aromatic nitrogens is 2. The van der Waals surface area contributed by atoms with Crippen LogP contribution in [-0.4, -0.2) is 34.8 Å². The number of rotatable bonds is 6. The van der Waals surface area contributed by atoms with Gasteiger partial charge in [-0.1, -0.05) is 0 Å². The fraction of sp³-hybridized carbons (Fsp3) is 0.381. The second-order valence-corrected chi connectivity index (χ2v) is 7.98. The molecule has 3 aromatic rings. The Hall–Kier alpha value is -2.71. The molecule has 29 heavy (non-hydrogen) atoms. The quantitative estimate of drug-likeness (QED) is 0.668. The van der Waals surface area contributed by atoms with Gasteiger partial charge in [-0.2, -0.15) is 0 Å². The minimum absolute atomic E-state index is 0.0494. The van der Waals surface area contributed by atoms with Gasteiger partial charge in [-0.15, -0.1) is 11.3 Å². The van der Waals surface area contributed by atoms with Crippen molar-refractivity contribution >= 4 is 33.1 Å². The molecule has 1 saturated heterocycles. The SMILES string of the molecule is CCOc1ccc(NC(=O)c2sc3ncn(CC4CCCO4)c(=O)c3c2C)cc1. The molecule has 3 heterocycles. The van der Waals surface area contributed by atoms with Crippen LogP contribution in [0.3, 0.4) is 0 Å². The highest BCUT2D eigenvalue weighted by atomic mass is 32.1. The molecule has 0 aliphatic carbocycles. The summed E-state index contributed by atoms with van der Waals surface area (Å²) < 4.78 is 12.6. The van der Waals surface area contributed by atoms with Crippen LogP contribution >= 0.6 is 11.3 Å². The first-order valence-corrected chi connectivity index (χ1v) is 10.5. The molecule has 1 aliphatic rings. The maximum absolute atomic E-state index is 13.0. The molecule has 1 atom stereocenters. The van der Waals surface area contributed by atoms with E-state index in [1.54, 1.807) is 30.0 Å². The lowest BCUT2D eigenvalue weighted by atomic mass is 10.2. The predicted octanol–water partition coefficient (Wildman–Crippen LogP) is 3.60. The number of nitrogens with one attached hydrogen (secondary N) is 1. The average molecular weight is 413 g/mol. The van der Waals surface area contributed by atoms with Crippen molar-refractivity contribution in [3.8, 4) is 5.75 Å². The van der Waals surface area contributed by atoms with E-state index in [2.05, 4.69) is 10.3 Å². The minimum atomic E-state index is -0.250. The lowest BCUT2D eigenvalue weighted by Crippen LogP contribution is -2.26. The summed E-state index contributed by atoms with van der Waals surface area (Å²) in [5.41, 5.74) is 1.20. The average Bonchev–Trinajstić information content (AvgIpc) is 3.34. The first-order valence-electron chi connectivity index (χ1n) is 9.71. The third kappa shape index (κ3) is 4.04. The molecule has 2 aromatic heterocycles. The first kappa shape index (κ1) is 19.6. The molecular weight excluding hydrogens is 390 g/mol. The van der Waals surface area contributed by atoms with E-state index in [4.69, 9.17) is 9.47 Å². The maximum atomic E-state index is 13.0. The Morgan fingerprint density at radius 2 is 2.17 bits per heavy atom. The fourth-order valence-corrected chi connectivity index (χ4v) is 4.54. The number of ether oxygens (including phenoxy) is 2. The van der Waals surface area contributed by atoms with Crippen LogP contribution in [0, 0.1) is 6.92 Å². The summed E-state index contributed by atoms with van der Waals surface area (Å²) in [6.45, 7) is 5.53. The molecular formula is C21H23N3O4S. The van der Waals surface area contributed by atoms with Crippen LogP contribution in [0.25, 0.3) is 10.2 Å². The lowest BCUT2D eigenvalue weighted by Gasteiger charge is -2.11. The molecule has 1 aliphatic heterocycles. The topological polar surface area (TPSA) is 82.4 Å². The largest absolute Gasteiger partial charge is 0.494 e. The Balaban J connectivity index is 1.58. The monoisotopic (exact) mass is 413 g/mol. The number of carbonyl (C=O) groups is 1. The number of carbonyl (C=O) groups excluding carboxylic acids is 1. The number of nitrogens with zero attached hydrogens (tertiary/aromatic N) is 2. The minimum Gasteiger partial charge on any atom is -0.494 e. The van der Waals surface area contributed by atoms with E-state index < -0.39 is 0 Å². The van der Waals surface area contributed by atoms with Crippen molar-refractivity contribution in [1.82, 2.24) is 9.55 Å². The molecule has 1 amide bonds. The third-order valence-electron chi connectivity index (χ3n) is 4.97. The molecule has 0 saturated carbocycles. The Kier molecular flexibility index (Phi) is 5.64. The Morgan fingerprint density at radius 1 is 1.38 bits per heavy atom. The van der Waals surface area contributed by atoms with Gasteiger partial charge in [0.15, 0.2) is 0 Å². The van der Waals surface area contributed by atoms with E-state index in [-0.39, 0.29) is 17.6 Å². The van der Waals surface area contributed by atoms with Gasteiger partial charge in [0.1, 0.15) is 10.6 Å². The van der Waals surface area contributed by atoms with Crippen LogP contribution in [0.4, 0.5) is 5.69 Å². The molecule has 0 bridgehead atoms. The van der Waals surface area contributed by atoms with E-state index >= 15 is 0 Å². The molecule has 0 radical (unpaired) electrons. The van der Waals surface area contributed by atoms with Gasteiger partial charge >= 0.3 is 0 Å². The predicted molar refractivity (Wildman–Crippen MR) is 113 cm³/mol. The zero-order valence-corrected chi connectivity index (χ0v) is 17.3. The first-order chi connectivity index (χ1) is 14.1. The van der Waals surface area contributed by atoms with Crippen LogP contribution in [0.2, 0.25) is 0 Å². The number of benzene rings is 1. The smallest absolute Gasteiger partial charge is 0.266 e. The van der Waals surface area contributed by atoms with E-state index in [1.807, 2.05) is 19.1 Å². The van der Waals surface area contributed by atoms with Crippen molar-refractivity contribution in [3.05, 3.63) is 51.4 Å². The maximum Gasteiger partial charge on any atom is 0.266 e. The Bertz CT molecular complexity index is 1080. The molecule has 1 fully saturated rings. The number of thiophene rings is 1. The number of anilines is 1. The third-order valence-corrected chi connectivity index (χ3v) is 6.17. The van der Waals surface area contributed by atoms with Gasteiger partial charge in [-0.05, 0) is 56.5 Å². The number of hydrogen-bond donors (Lipinski definition) is 1. The summed E-state index contributed by atoms with van der Waals surface area (Å²) in [5, 5.41) is 3.39. The normalized spacial score (nSPS) is 16.3. The zero-order valence-electron chi connectivity index (χ0n) is 16.4. The van der Waals surface area contributed by atoms with Crippen molar-refractivity contribution in [2.75, 3.05) is 18.5 Å². The van der Waals surface area contributed by atoms with Crippen molar-refractivity contribution in [3.63, 3.8) is 0 Å². The van der Waals surface area contributed by atoms with E-state index in [1.165, 1.54) is 11.3 Å². The molecule has 0 spiro atoms. The van der Waals surface area contributed by atoms with E-state index in [0.717, 1.165) is 25.2 Å². The number of fused-ring (bicyclic) bond motifs is 1. The summed E-state index contributed by atoms with van der Waals surface area (Å²) in [4.78, 5) is 31.2. The van der Waals surface area contributed by atoms with Crippen molar-refractivity contribution in [2.24, 2.45) is 0 Å². The molecule has 152 valence electrons. The standard InChI is InChI=1S/C21H23N3O4S/c1-3-27-15-8-6-14(7-9-15)23-19(25)18-13(2)17-20(29-18)22-12-24(21(17)26)11-16-5-4-10-28-16/h6-9,12,16H,3-5,10-11H2,1-2H3,(H,23,25). The number of hydrogen-bond acceptors (Lipinski definition) is 6. The van der Waals surface area contributed by atoms with Crippen LogP contribution in [0.1, 0.15) is 35.0 Å². The summed E-state index contributed by atoms with van der Waals surface area (Å²) in [6.07, 6.45) is 3.56. The molecule has 1 unspecified atom stereocenters. The molecule has 8 heteroatoms. The van der Waals surface area contributed by atoms with Crippen LogP contribution in [0.15, 0.2) is 35.4 Å². The van der Waals surface area contributed by atoms with Gasteiger partial charge in [0.05, 0.1) is 35.8 Å². The van der Waals surface area contributed by atoms with Gasteiger partial charge < -0.3 is 14.8 Å². The molecule has 7 nitrogen and oxygen atoms in total. The van der Waals surface area contributed by atoms with E-state index in [9.17, 15) is 9.59 Å². The fourth-order valence-electron chi connectivity index (χ4n) is 3.50. The second-order valence-electron chi connectivity index (χ2n) is 6.98. The summed E-state index contributed by atoms with van der Waals surface area (Å²) in [6, 6.07) is 7.20. The van der Waals surface area contributed by atoms with Gasteiger partial charge in [0.2, 0.25) is 0 Å². The summed E-state index contributed by atoms with van der Waals surface area (Å²) in [7, 11) is 0. The summed E-state index contributed by atoms with van der Waals surface area (Å²) in [5.74, 6) is 0.499. The highest BCUT2D eigenvalue weighted by Gasteiger charge is 2.22. The number of aryl methyl sites for hydroxylation is 1. The van der Waals surface area contributed by atoms with Gasteiger partial charge in [-0.25, -0.2) is 4.98 Å². The van der Waals surface area contributed by atoms with Crippen molar-refractivity contribution < 1.29 is 14.3 Å². The number of amides is 1. The zero-order chi connectivity index (χ0) is 20.4. The lowest BCUT2D eigenvalue weighted by molar-refractivity contribution is 0.0960. The van der Waals surface area contributed by atoms with Crippen LogP contribution < -0.4 is 15.6 Å². The van der Waals surface area contributed by atoms with Gasteiger partial charge in [0, 0.05) is 12.3 Å². The molecule has 1 N–H and O–H groups in total. The summed E-state index contributed by atoms with van der Waals surface area (Å²) >= 11 is 1.24. The van der Waals surface area contributed by atoms with Gasteiger partial charge in [-0.3, -0.25) is 14.2 Å². The van der Waals surface area contributed by atoms with Crippen molar-refractivity contribution in [2.45, 2.75) is 39.3 Å².